The van der Waals surface area contributed by atoms with Gasteiger partial charge in [-0.15, -0.1) is 30.5 Å². The molecule has 1 aromatic heterocycles. The number of hydrogen-bond donors (Lipinski definition) is 0. The monoisotopic (exact) mass is 887 g/mol. The van der Waals surface area contributed by atoms with Crippen LogP contribution in [-0.4, -0.2) is 10.2 Å². The summed E-state index contributed by atoms with van der Waals surface area (Å²) in [4.78, 5) is 0. The molecule has 0 bridgehead atoms. The molecular weight excluding hydrogens is 848 g/mol. The van der Waals surface area contributed by atoms with Crippen molar-refractivity contribution in [3.63, 3.8) is 0 Å². The molecule has 5 nitrogen and oxygen atoms in total. The van der Waals surface area contributed by atoms with Crippen molar-refractivity contribution in [2.45, 2.75) is 25.9 Å². The quantitative estimate of drug-likeness (QED) is 0.135. The van der Waals surface area contributed by atoms with Gasteiger partial charge in [0.1, 0.15) is 5.14 Å². The van der Waals surface area contributed by atoms with Crippen molar-refractivity contribution in [2.24, 2.45) is 0 Å². The average Bonchev–Trinajstić information content (AvgIpc) is 3.50. The normalized spacial score (nSPS) is 11.2. The topological polar surface area (TPSA) is 78.2 Å². The molecule has 6 aromatic carbocycles. The van der Waals surface area contributed by atoms with E-state index in [4.69, 9.17) is 0 Å². The van der Waals surface area contributed by atoms with Crippen molar-refractivity contribution in [3.05, 3.63) is 199 Å². The van der Waals surface area contributed by atoms with Gasteiger partial charge in [-0.1, -0.05) is 189 Å². The number of hydrogen-bond acceptors (Lipinski definition) is 4. The standard InChI is InChI=1S/C37H31O3P3.C6H9N2.2ClH.Zr/c38-41(31-19-7-1-8-20-31,32-21-9-2-10-22-32)37(42(39,33-23-11-3-12-24-33)34-25-13-4-14-26-34)43(40,35-27-15-5-16-28-35)36-29-17-6-18-30-36;1-4-5(2)7-8-6(4)3;;;/h1-30,37H;1-3H3;2*1H;/q;-1;;;. The zero-order chi connectivity index (χ0) is 35.9. The number of benzene rings is 6. The van der Waals surface area contributed by atoms with Crippen LogP contribution < -0.4 is 36.9 Å². The molecule has 0 aliphatic carbocycles. The summed E-state index contributed by atoms with van der Waals surface area (Å²) in [5.41, 5.74) is 3.30. The number of nitrogens with zero attached hydrogens (tertiary/aromatic N) is 2. The Morgan fingerprint density at radius 3 is 0.741 bits per heavy atom. The maximum absolute atomic E-state index is 16.6. The molecule has 276 valence electrons. The number of halogens is 2. The van der Waals surface area contributed by atoms with Crippen molar-refractivity contribution in [2.75, 3.05) is 0 Å². The summed E-state index contributed by atoms with van der Waals surface area (Å²) in [6.45, 7) is 5.97. The predicted molar refractivity (Wildman–Crippen MR) is 229 cm³/mol. The van der Waals surface area contributed by atoms with Crippen molar-refractivity contribution in [1.29, 1.82) is 0 Å². The third-order valence-electron chi connectivity index (χ3n) is 9.25. The summed E-state index contributed by atoms with van der Waals surface area (Å²) in [5, 5.41) is 9.53. The third-order valence-corrected chi connectivity index (χ3v) is 23.4. The van der Waals surface area contributed by atoms with Crippen molar-refractivity contribution < 1.29 is 39.9 Å². The average molecular weight is 890 g/mol. The molecule has 7 rings (SSSR count). The van der Waals surface area contributed by atoms with Crippen molar-refractivity contribution >= 4 is 78.1 Å². The second kappa shape index (κ2) is 20.0. The van der Waals surface area contributed by atoms with E-state index in [2.05, 4.69) is 10.2 Å². The Morgan fingerprint density at radius 2 is 0.611 bits per heavy atom. The summed E-state index contributed by atoms with van der Waals surface area (Å²) in [6, 6.07) is 55.2. The Morgan fingerprint density at radius 1 is 0.407 bits per heavy atom. The zero-order valence-electron chi connectivity index (χ0n) is 30.2. The van der Waals surface area contributed by atoms with E-state index < -0.39 is 26.6 Å². The molecule has 7 aromatic rings. The minimum absolute atomic E-state index is 0. The molecule has 0 spiro atoms. The van der Waals surface area contributed by atoms with E-state index in [0.29, 0.717) is 31.8 Å². The van der Waals surface area contributed by atoms with Gasteiger partial charge in [-0.25, -0.2) is 0 Å². The fourth-order valence-corrected chi connectivity index (χ4v) is 22.9. The van der Waals surface area contributed by atoms with Crippen molar-refractivity contribution in [1.82, 2.24) is 10.2 Å². The maximum atomic E-state index is 16.6. The minimum atomic E-state index is -3.97. The predicted octanol–water partition coefficient (Wildman–Crippen LogP) is 9.12. The number of rotatable bonds is 9. The van der Waals surface area contributed by atoms with Crippen LogP contribution in [0.5, 0.6) is 0 Å². The first kappa shape index (κ1) is 45.1. The first-order valence-corrected chi connectivity index (χ1v) is 22.1. The second-order valence-corrected chi connectivity index (χ2v) is 22.1. The Bertz CT molecular complexity index is 1960. The van der Waals surface area contributed by atoms with Gasteiger partial charge in [0.05, 0.1) is 0 Å². The first-order valence-electron chi connectivity index (χ1n) is 16.8. The summed E-state index contributed by atoms with van der Waals surface area (Å²) < 4.78 is 49.7. The second-order valence-electron chi connectivity index (χ2n) is 12.3. The van der Waals surface area contributed by atoms with Gasteiger partial charge < -0.3 is 23.9 Å². The van der Waals surface area contributed by atoms with Gasteiger partial charge in [0, 0.05) is 63.7 Å². The third kappa shape index (κ3) is 8.87. The van der Waals surface area contributed by atoms with Crippen LogP contribution in [0.2, 0.25) is 0 Å². The van der Waals surface area contributed by atoms with E-state index in [1.165, 1.54) is 5.56 Å². The summed E-state index contributed by atoms with van der Waals surface area (Å²) in [7, 11) is -11.9. The van der Waals surface area contributed by atoms with Gasteiger partial charge in [-0.05, 0) is 19.4 Å². The van der Waals surface area contributed by atoms with Crippen molar-refractivity contribution in [3.8, 4) is 0 Å². The molecular formula is C43H42Cl2N2O3P3Zr-. The molecule has 54 heavy (non-hydrogen) atoms. The fourth-order valence-electron chi connectivity index (χ4n) is 6.39. The van der Waals surface area contributed by atoms with Gasteiger partial charge in [0.25, 0.3) is 0 Å². The van der Waals surface area contributed by atoms with E-state index in [0.717, 1.165) is 11.4 Å². The van der Waals surface area contributed by atoms with Crippen LogP contribution >= 0.6 is 46.2 Å². The maximum Gasteiger partial charge on any atom is 0.161 e. The van der Waals surface area contributed by atoms with E-state index in [1.807, 2.05) is 203 Å². The molecule has 1 heterocycles. The molecule has 0 unspecified atom stereocenters. The molecule has 11 heteroatoms. The number of aromatic nitrogens is 2. The molecule has 0 aliphatic heterocycles. The van der Waals surface area contributed by atoms with Crippen LogP contribution in [0.1, 0.15) is 17.0 Å². The number of aryl methyl sites for hydroxylation is 2. The van der Waals surface area contributed by atoms with E-state index in [1.54, 1.807) is 0 Å². The van der Waals surface area contributed by atoms with Crippen LogP contribution in [0.4, 0.5) is 0 Å². The Hall–Kier alpha value is -3.32. The van der Waals surface area contributed by atoms with E-state index in [-0.39, 0.29) is 51.0 Å². The van der Waals surface area contributed by atoms with Gasteiger partial charge in [0.15, 0.2) is 21.4 Å². The van der Waals surface area contributed by atoms with Gasteiger partial charge in [-0.3, -0.25) is 0 Å². The summed E-state index contributed by atoms with van der Waals surface area (Å²) >= 11 is 0. The van der Waals surface area contributed by atoms with Gasteiger partial charge in [0.2, 0.25) is 0 Å². The molecule has 0 N–H and O–H groups in total. The summed E-state index contributed by atoms with van der Waals surface area (Å²) in [5.74, 6) is 0. The molecule has 0 radical (unpaired) electrons. The fraction of sp³-hybridized carbons (Fsp3) is 0.0930. The molecule has 0 aliphatic rings. The van der Waals surface area contributed by atoms with Crippen LogP contribution in [0, 0.1) is 20.8 Å². The zero-order valence-corrected chi connectivity index (χ0v) is 36.9. The Labute approximate surface area is 350 Å². The first-order chi connectivity index (χ1) is 24.7. The van der Waals surface area contributed by atoms with Crippen LogP contribution in [0.25, 0.3) is 0 Å². The minimum Gasteiger partial charge on any atom is -0.579 e. The van der Waals surface area contributed by atoms with Crippen LogP contribution in [-0.2, 0) is 39.9 Å². The van der Waals surface area contributed by atoms with E-state index in [9.17, 15) is 0 Å². The van der Waals surface area contributed by atoms with Gasteiger partial charge >= 0.3 is 0 Å². The largest absolute Gasteiger partial charge is 0.579 e. The van der Waals surface area contributed by atoms with Gasteiger partial charge in [-0.2, -0.15) is 0 Å². The molecule has 0 amide bonds. The summed E-state index contributed by atoms with van der Waals surface area (Å²) in [6.07, 6.45) is 0. The smallest absolute Gasteiger partial charge is 0.161 e. The SMILES string of the molecule is Cc1n[n-]c(C)c1C.Cl.Cl.O=P(c1ccccc1)(c1ccccc1)C(P(=O)(c1ccccc1)c1ccccc1)P(=O)(c1ccccc1)c1ccccc1.[Zr]. The van der Waals surface area contributed by atoms with E-state index >= 15 is 13.7 Å². The Balaban J connectivity index is 0.000000635. The van der Waals surface area contributed by atoms with Crippen LogP contribution in [0.3, 0.4) is 0 Å². The molecule has 0 saturated carbocycles. The van der Waals surface area contributed by atoms with Crippen LogP contribution in [0.15, 0.2) is 182 Å². The molecule has 0 fully saturated rings. The molecule has 0 atom stereocenters. The molecule has 0 saturated heterocycles. The Kier molecular flexibility index (Phi) is 16.7.